The van der Waals surface area contributed by atoms with Crippen LogP contribution in [0.3, 0.4) is 0 Å². The Labute approximate surface area is 216 Å². The van der Waals surface area contributed by atoms with E-state index < -0.39 is 10.0 Å². The first-order valence-corrected chi connectivity index (χ1v) is 13.7. The van der Waals surface area contributed by atoms with Crippen LogP contribution >= 0.6 is 0 Å². The van der Waals surface area contributed by atoms with E-state index in [9.17, 15) is 18.5 Å². The zero-order valence-corrected chi connectivity index (χ0v) is 21.1. The van der Waals surface area contributed by atoms with E-state index in [4.69, 9.17) is 9.84 Å². The minimum absolute atomic E-state index is 0.0170. The number of carbonyl (C=O) groups is 1. The van der Waals surface area contributed by atoms with Gasteiger partial charge in [0.2, 0.25) is 10.0 Å². The van der Waals surface area contributed by atoms with E-state index in [0.29, 0.717) is 56.2 Å². The molecule has 3 aromatic rings. The van der Waals surface area contributed by atoms with Gasteiger partial charge >= 0.3 is 0 Å². The zero-order valence-electron chi connectivity index (χ0n) is 20.3. The maximum absolute atomic E-state index is 13.2. The molecule has 9 nitrogen and oxygen atoms in total. The van der Waals surface area contributed by atoms with Crippen molar-refractivity contribution in [1.82, 2.24) is 19.0 Å². The highest BCUT2D eigenvalue weighted by atomic mass is 32.2. The van der Waals surface area contributed by atoms with E-state index in [-0.39, 0.29) is 16.4 Å². The van der Waals surface area contributed by atoms with Gasteiger partial charge in [0.05, 0.1) is 23.8 Å². The van der Waals surface area contributed by atoms with Gasteiger partial charge in [-0.2, -0.15) is 14.7 Å². The molecule has 5 rings (SSSR count). The van der Waals surface area contributed by atoms with E-state index in [1.54, 1.807) is 40.0 Å². The van der Waals surface area contributed by atoms with E-state index in [1.807, 2.05) is 36.4 Å². The summed E-state index contributed by atoms with van der Waals surface area (Å²) in [5.74, 6) is -0.366. The Balaban J connectivity index is 1.58. The molecular weight excluding hydrogens is 490 g/mol. The number of morpholine rings is 1. The van der Waals surface area contributed by atoms with Crippen LogP contribution in [0.1, 0.15) is 18.4 Å². The van der Waals surface area contributed by atoms with Gasteiger partial charge in [-0.15, -0.1) is 0 Å². The van der Waals surface area contributed by atoms with Crippen LogP contribution in [0.15, 0.2) is 71.3 Å². The number of para-hydroxylation sites is 1. The molecule has 2 saturated heterocycles. The predicted molar refractivity (Wildman–Crippen MR) is 138 cm³/mol. The molecule has 2 aliphatic heterocycles. The van der Waals surface area contributed by atoms with Crippen molar-refractivity contribution in [3.8, 4) is 23.0 Å². The predicted octanol–water partition coefficient (Wildman–Crippen LogP) is 3.09. The number of sulfonamides is 1. The third-order valence-electron chi connectivity index (χ3n) is 6.52. The Hall–Kier alpha value is -3.78. The average molecular weight is 518 g/mol. The summed E-state index contributed by atoms with van der Waals surface area (Å²) < 4.78 is 34.9. The third kappa shape index (κ3) is 5.20. The van der Waals surface area contributed by atoms with Gasteiger partial charge in [-0.1, -0.05) is 30.3 Å². The standard InChI is InChI=1S/C27H27N5O4S/c28-19-22(27(33)30-13-15-36-16-14-30)17-23-20-32(24-8-2-1-3-9-24)29-26(23)21-7-6-10-25(18-21)37(34,35)31-11-4-5-12-31/h1-3,6-10,17-18,20H,4-5,11-16H2. The Morgan fingerprint density at radius 1 is 1.00 bits per heavy atom. The van der Waals surface area contributed by atoms with Crippen LogP contribution in [0.5, 0.6) is 0 Å². The highest BCUT2D eigenvalue weighted by Crippen LogP contribution is 2.29. The fraction of sp³-hybridized carbons (Fsp3) is 0.296. The van der Waals surface area contributed by atoms with Crippen LogP contribution in [-0.2, 0) is 19.6 Å². The molecule has 0 bridgehead atoms. The van der Waals surface area contributed by atoms with Crippen molar-refractivity contribution in [3.05, 3.63) is 71.9 Å². The number of hydrogen-bond acceptors (Lipinski definition) is 6. The minimum Gasteiger partial charge on any atom is -0.378 e. The Kier molecular flexibility index (Phi) is 7.19. The van der Waals surface area contributed by atoms with Crippen LogP contribution in [0.4, 0.5) is 0 Å². The number of amides is 1. The van der Waals surface area contributed by atoms with Crippen molar-refractivity contribution >= 4 is 22.0 Å². The first kappa shape index (κ1) is 24.9. The van der Waals surface area contributed by atoms with Gasteiger partial charge in [-0.05, 0) is 43.2 Å². The van der Waals surface area contributed by atoms with Crippen molar-refractivity contribution in [1.29, 1.82) is 5.26 Å². The molecule has 0 unspecified atom stereocenters. The molecule has 0 aliphatic carbocycles. The Morgan fingerprint density at radius 2 is 1.73 bits per heavy atom. The van der Waals surface area contributed by atoms with Gasteiger partial charge in [0.15, 0.2) is 0 Å². The van der Waals surface area contributed by atoms with E-state index in [2.05, 4.69) is 0 Å². The molecule has 3 heterocycles. The number of hydrogen-bond donors (Lipinski definition) is 0. The normalized spacial score (nSPS) is 17.1. The fourth-order valence-corrected chi connectivity index (χ4v) is 6.11. The van der Waals surface area contributed by atoms with Crippen LogP contribution < -0.4 is 0 Å². The maximum Gasteiger partial charge on any atom is 0.264 e. The van der Waals surface area contributed by atoms with Gasteiger partial charge in [0.25, 0.3) is 5.91 Å². The zero-order chi connectivity index (χ0) is 25.8. The maximum atomic E-state index is 13.2. The van der Waals surface area contributed by atoms with Gasteiger partial charge in [0, 0.05) is 43.5 Å². The molecule has 2 aliphatic rings. The quantitative estimate of drug-likeness (QED) is 0.367. The molecule has 37 heavy (non-hydrogen) atoms. The summed E-state index contributed by atoms with van der Waals surface area (Å²) in [6.45, 7) is 2.73. The van der Waals surface area contributed by atoms with Crippen molar-refractivity contribution in [2.45, 2.75) is 17.7 Å². The number of aromatic nitrogens is 2. The molecule has 0 spiro atoms. The number of rotatable bonds is 6. The summed E-state index contributed by atoms with van der Waals surface area (Å²) in [6.07, 6.45) is 4.98. The van der Waals surface area contributed by atoms with Crippen LogP contribution in [0.2, 0.25) is 0 Å². The number of carbonyl (C=O) groups excluding carboxylic acids is 1. The summed E-state index contributed by atoms with van der Waals surface area (Å²) in [5.41, 5.74) is 2.37. The van der Waals surface area contributed by atoms with E-state index >= 15 is 0 Å². The number of ether oxygens (including phenoxy) is 1. The van der Waals surface area contributed by atoms with E-state index in [0.717, 1.165) is 18.5 Å². The molecule has 0 N–H and O–H groups in total. The molecule has 10 heteroatoms. The molecule has 2 aromatic carbocycles. The molecular formula is C27H27N5O4S. The summed E-state index contributed by atoms with van der Waals surface area (Å²) in [7, 11) is -3.62. The second-order valence-electron chi connectivity index (χ2n) is 8.93. The molecule has 0 saturated carbocycles. The number of benzene rings is 2. The minimum atomic E-state index is -3.62. The van der Waals surface area contributed by atoms with Crippen LogP contribution in [-0.4, -0.2) is 72.7 Å². The lowest BCUT2D eigenvalue weighted by molar-refractivity contribution is -0.130. The Bertz CT molecular complexity index is 1460. The van der Waals surface area contributed by atoms with Gasteiger partial charge in [0.1, 0.15) is 17.3 Å². The lowest BCUT2D eigenvalue weighted by Crippen LogP contribution is -2.41. The van der Waals surface area contributed by atoms with Crippen molar-refractivity contribution in [2.24, 2.45) is 0 Å². The van der Waals surface area contributed by atoms with Crippen molar-refractivity contribution in [3.63, 3.8) is 0 Å². The lowest BCUT2D eigenvalue weighted by atomic mass is 10.1. The number of nitrogens with zero attached hydrogens (tertiary/aromatic N) is 5. The van der Waals surface area contributed by atoms with Crippen molar-refractivity contribution < 1.29 is 17.9 Å². The van der Waals surface area contributed by atoms with Crippen molar-refractivity contribution in [2.75, 3.05) is 39.4 Å². The highest BCUT2D eigenvalue weighted by molar-refractivity contribution is 7.89. The van der Waals surface area contributed by atoms with Gasteiger partial charge < -0.3 is 9.64 Å². The molecule has 190 valence electrons. The second kappa shape index (κ2) is 10.7. The average Bonchev–Trinajstić information content (AvgIpc) is 3.64. The lowest BCUT2D eigenvalue weighted by Gasteiger charge is -2.26. The first-order valence-electron chi connectivity index (χ1n) is 12.2. The Morgan fingerprint density at radius 3 is 2.43 bits per heavy atom. The fourth-order valence-electron chi connectivity index (χ4n) is 4.55. The molecule has 2 fully saturated rings. The van der Waals surface area contributed by atoms with Gasteiger partial charge in [-0.25, -0.2) is 13.1 Å². The number of nitriles is 1. The van der Waals surface area contributed by atoms with E-state index in [1.165, 1.54) is 10.4 Å². The molecule has 0 radical (unpaired) electrons. The second-order valence-corrected chi connectivity index (χ2v) is 10.9. The molecule has 0 atom stereocenters. The third-order valence-corrected chi connectivity index (χ3v) is 8.42. The largest absolute Gasteiger partial charge is 0.378 e. The molecule has 1 aromatic heterocycles. The van der Waals surface area contributed by atoms with Crippen LogP contribution in [0.25, 0.3) is 23.0 Å². The van der Waals surface area contributed by atoms with Gasteiger partial charge in [-0.3, -0.25) is 4.79 Å². The first-order chi connectivity index (χ1) is 18.0. The summed E-state index contributed by atoms with van der Waals surface area (Å²) in [4.78, 5) is 14.9. The summed E-state index contributed by atoms with van der Waals surface area (Å²) in [5, 5.41) is 14.6. The SMILES string of the molecule is N#CC(=Cc1cn(-c2ccccc2)nc1-c1cccc(S(=O)(=O)N2CCCC2)c1)C(=O)N1CCOCC1. The monoisotopic (exact) mass is 517 g/mol. The summed E-state index contributed by atoms with van der Waals surface area (Å²) >= 11 is 0. The van der Waals surface area contributed by atoms with Crippen LogP contribution in [0, 0.1) is 11.3 Å². The highest BCUT2D eigenvalue weighted by Gasteiger charge is 2.28. The smallest absolute Gasteiger partial charge is 0.264 e. The topological polar surface area (TPSA) is 109 Å². The summed E-state index contributed by atoms with van der Waals surface area (Å²) in [6, 6.07) is 18.2. The molecule has 1 amide bonds.